The van der Waals surface area contributed by atoms with Crippen LogP contribution in [0.2, 0.25) is 0 Å². The average molecular weight is 795 g/mol. The van der Waals surface area contributed by atoms with Gasteiger partial charge < -0.3 is 19.3 Å². The summed E-state index contributed by atoms with van der Waals surface area (Å²) >= 11 is 0. The van der Waals surface area contributed by atoms with Crippen LogP contribution in [0.3, 0.4) is 0 Å². The summed E-state index contributed by atoms with van der Waals surface area (Å²) in [6, 6.07) is 15.8. The number of benzene rings is 3. The second-order valence-electron chi connectivity index (χ2n) is 14.5. The average Bonchev–Trinajstić information content (AvgIpc) is 3.98. The number of halogens is 1. The maximum absolute atomic E-state index is 16.1. The van der Waals surface area contributed by atoms with Crippen LogP contribution in [0.1, 0.15) is 53.1 Å². The topological polar surface area (TPSA) is 180 Å². The van der Waals surface area contributed by atoms with Crippen molar-refractivity contribution < 1.29 is 32.2 Å². The van der Waals surface area contributed by atoms with Crippen molar-refractivity contribution >= 4 is 61.5 Å². The molecule has 0 spiro atoms. The van der Waals surface area contributed by atoms with E-state index in [1.807, 2.05) is 36.1 Å². The summed E-state index contributed by atoms with van der Waals surface area (Å²) in [5.41, 5.74) is 2.53. The molecule has 1 saturated carbocycles. The van der Waals surface area contributed by atoms with Crippen molar-refractivity contribution in [2.24, 2.45) is 4.99 Å². The Hall–Kier alpha value is -6.20. The van der Waals surface area contributed by atoms with E-state index in [-0.39, 0.29) is 58.0 Å². The lowest BCUT2D eigenvalue weighted by atomic mass is 10.1. The van der Waals surface area contributed by atoms with Gasteiger partial charge in [-0.1, -0.05) is 18.2 Å². The molecule has 294 valence electrons. The lowest BCUT2D eigenvalue weighted by Gasteiger charge is -2.42. The summed E-state index contributed by atoms with van der Waals surface area (Å²) in [4.78, 5) is 57.7. The Labute approximate surface area is 327 Å². The Morgan fingerprint density at radius 2 is 1.74 bits per heavy atom. The molecule has 57 heavy (non-hydrogen) atoms. The molecule has 3 aromatic carbocycles. The number of hydrogen-bond donors (Lipinski definition) is 2. The van der Waals surface area contributed by atoms with Gasteiger partial charge in [0.2, 0.25) is 11.4 Å². The number of fused-ring (bicyclic) bond motifs is 2. The summed E-state index contributed by atoms with van der Waals surface area (Å²) in [5.74, 6) is -2.24. The molecule has 17 heteroatoms. The predicted molar refractivity (Wildman–Crippen MR) is 212 cm³/mol. The molecule has 2 aromatic heterocycles. The number of carbonyl (C=O) groups excluding carboxylic acids is 1. The molecule has 4 heterocycles. The highest BCUT2D eigenvalue weighted by Gasteiger charge is 2.38. The highest BCUT2D eigenvalue weighted by molar-refractivity contribution is 7.92. The van der Waals surface area contributed by atoms with Gasteiger partial charge in [0.1, 0.15) is 17.0 Å². The number of nitrogens with zero attached hydrogens (tertiary/aromatic N) is 7. The summed E-state index contributed by atoms with van der Waals surface area (Å²) in [5, 5.41) is 9.65. The quantitative estimate of drug-likeness (QED) is 0.194. The maximum atomic E-state index is 16.1. The molecule has 5 aromatic rings. The van der Waals surface area contributed by atoms with E-state index in [9.17, 15) is 27.9 Å². The Bertz CT molecular complexity index is 2660. The minimum absolute atomic E-state index is 0.0205. The predicted octanol–water partition coefficient (Wildman–Crippen LogP) is 5.03. The second kappa shape index (κ2) is 14.4. The number of carboxylic acids is 1. The molecule has 1 saturated heterocycles. The third-order valence-corrected chi connectivity index (χ3v) is 11.8. The van der Waals surface area contributed by atoms with Crippen LogP contribution in [0, 0.1) is 19.7 Å². The van der Waals surface area contributed by atoms with E-state index >= 15 is 4.39 Å². The van der Waals surface area contributed by atoms with Crippen molar-refractivity contribution in [2.45, 2.75) is 50.6 Å². The minimum atomic E-state index is -4.00. The van der Waals surface area contributed by atoms with Gasteiger partial charge in [0.05, 0.1) is 41.0 Å². The van der Waals surface area contributed by atoms with Crippen LogP contribution >= 0.6 is 0 Å². The minimum Gasteiger partial charge on any atom is -0.492 e. The first kappa shape index (κ1) is 37.7. The Kier molecular flexibility index (Phi) is 9.52. The molecule has 2 N–H and O–H groups in total. The van der Waals surface area contributed by atoms with Crippen LogP contribution in [-0.2, 0) is 14.8 Å². The molecule has 1 unspecified atom stereocenters. The molecule has 1 amide bonds. The fraction of sp³-hybridized carbons (Fsp3) is 0.300. The van der Waals surface area contributed by atoms with Crippen molar-refractivity contribution in [1.82, 2.24) is 19.4 Å². The zero-order valence-corrected chi connectivity index (χ0v) is 32.4. The van der Waals surface area contributed by atoms with Gasteiger partial charge in [-0.25, -0.2) is 37.3 Å². The number of aromatic carboxylic acids is 1. The Morgan fingerprint density at radius 3 is 2.39 bits per heavy atom. The first-order valence-electron chi connectivity index (χ1n) is 18.4. The lowest BCUT2D eigenvalue weighted by molar-refractivity contribution is -0.112. The summed E-state index contributed by atoms with van der Waals surface area (Å²) < 4.78 is 52.2. The van der Waals surface area contributed by atoms with Crippen molar-refractivity contribution in [1.29, 1.82) is 0 Å². The highest BCUT2D eigenvalue weighted by atomic mass is 32.2. The number of ether oxygens (including phenoxy) is 1. The first-order valence-corrected chi connectivity index (χ1v) is 19.8. The number of aryl methyl sites for hydroxylation is 2. The molecular weight excluding hydrogens is 756 g/mol. The maximum Gasteiger partial charge on any atom is 0.341 e. The van der Waals surface area contributed by atoms with Gasteiger partial charge in [0.25, 0.3) is 15.9 Å². The van der Waals surface area contributed by atoms with Crippen LogP contribution in [0.4, 0.5) is 27.4 Å². The summed E-state index contributed by atoms with van der Waals surface area (Å²) in [6.07, 6.45) is 2.93. The zero-order chi connectivity index (χ0) is 40.3. The molecule has 1 atom stereocenters. The van der Waals surface area contributed by atoms with E-state index in [0.717, 1.165) is 18.9 Å². The van der Waals surface area contributed by atoms with E-state index < -0.39 is 32.8 Å². The Morgan fingerprint density at radius 1 is 1.04 bits per heavy atom. The molecule has 2 aliphatic heterocycles. The molecule has 0 bridgehead atoms. The number of carboxylic acid groups (broad SMARTS) is 1. The summed E-state index contributed by atoms with van der Waals surface area (Å²) in [7, 11) is -2.58. The van der Waals surface area contributed by atoms with Gasteiger partial charge in [0, 0.05) is 54.9 Å². The molecular formula is C40H39FN8O7S. The highest BCUT2D eigenvalue weighted by Crippen LogP contribution is 2.44. The van der Waals surface area contributed by atoms with Crippen molar-refractivity contribution in [2.75, 3.05) is 47.9 Å². The SMILES string of the molecule is COc1c(N2CCN(CN3C(=O)C(=Nc4ccc(S(=O)(=O)Nc5nc(C)cc(C)n5)cc4)c4ccccc43)C(C)C2)c(F)cc2c(=O)c(C(=O)O)cn(C3CC3)c12. The number of carbonyl (C=O) groups is 2. The van der Waals surface area contributed by atoms with Crippen LogP contribution < -0.4 is 24.7 Å². The third-order valence-electron chi connectivity index (χ3n) is 10.5. The number of methoxy groups -OCH3 is 1. The number of pyridine rings is 1. The van der Waals surface area contributed by atoms with Crippen LogP contribution in [-0.4, -0.2) is 90.0 Å². The summed E-state index contributed by atoms with van der Waals surface area (Å²) in [6.45, 7) is 6.88. The smallest absolute Gasteiger partial charge is 0.341 e. The molecule has 15 nitrogen and oxygen atoms in total. The van der Waals surface area contributed by atoms with E-state index in [1.165, 1.54) is 37.6 Å². The number of rotatable bonds is 10. The largest absolute Gasteiger partial charge is 0.492 e. The number of piperazine rings is 1. The molecule has 3 aliphatic rings. The van der Waals surface area contributed by atoms with E-state index in [2.05, 4.69) is 24.6 Å². The number of hydrogen-bond acceptors (Lipinski definition) is 11. The number of anilines is 3. The standard InChI is InChI=1S/C40H39FN8O7S/c1-22-17-23(2)43-40(42-22)45-57(54,55)27-13-9-25(10-14-27)44-33-28-7-5-6-8-32(28)49(38(33)51)21-47-16-15-46(19-24(47)3)35-31(41)18-29-34(37(35)56-4)48(26-11-12-26)20-30(36(29)50)39(52)53/h5-10,13-14,17-18,20,24,26H,11-12,15-16,19,21H2,1-4H3,(H,52,53)(H,42,43,45). The van der Waals surface area contributed by atoms with Crippen LogP contribution in [0.25, 0.3) is 10.9 Å². The molecule has 8 rings (SSSR count). The van der Waals surface area contributed by atoms with E-state index in [0.29, 0.717) is 53.5 Å². The lowest BCUT2D eigenvalue weighted by Crippen LogP contribution is -2.55. The van der Waals surface area contributed by atoms with Gasteiger partial charge in [-0.3, -0.25) is 19.4 Å². The van der Waals surface area contributed by atoms with Gasteiger partial charge in [0.15, 0.2) is 11.6 Å². The molecule has 1 aliphatic carbocycles. The van der Waals surface area contributed by atoms with Crippen LogP contribution in [0.15, 0.2) is 81.5 Å². The van der Waals surface area contributed by atoms with Gasteiger partial charge >= 0.3 is 5.97 Å². The van der Waals surface area contributed by atoms with Gasteiger partial charge in [-0.05, 0) is 76.1 Å². The third kappa shape index (κ3) is 6.97. The molecule has 0 radical (unpaired) electrons. The number of amides is 1. The fourth-order valence-electron chi connectivity index (χ4n) is 7.60. The second-order valence-corrected chi connectivity index (χ2v) is 16.2. The van der Waals surface area contributed by atoms with E-state index in [1.54, 1.807) is 29.4 Å². The number of sulfonamides is 1. The number of aromatic nitrogens is 3. The van der Waals surface area contributed by atoms with Gasteiger partial charge in [-0.15, -0.1) is 0 Å². The Balaban J connectivity index is 1.02. The van der Waals surface area contributed by atoms with Gasteiger partial charge in [-0.2, -0.15) is 0 Å². The number of nitrogens with one attached hydrogen (secondary N) is 1. The first-order chi connectivity index (χ1) is 27.2. The van der Waals surface area contributed by atoms with Crippen molar-refractivity contribution in [3.63, 3.8) is 0 Å². The van der Waals surface area contributed by atoms with Crippen molar-refractivity contribution in [3.05, 3.63) is 105 Å². The number of aliphatic imine (C=N–C) groups is 1. The van der Waals surface area contributed by atoms with Crippen molar-refractivity contribution in [3.8, 4) is 5.75 Å². The monoisotopic (exact) mass is 794 g/mol. The van der Waals surface area contributed by atoms with E-state index in [4.69, 9.17) is 4.74 Å². The fourth-order valence-corrected chi connectivity index (χ4v) is 8.55. The normalized spacial score (nSPS) is 18.0. The van der Waals surface area contributed by atoms with Crippen LogP contribution in [0.5, 0.6) is 5.75 Å². The number of para-hydroxylation sites is 1. The zero-order valence-electron chi connectivity index (χ0n) is 31.6. The molecule has 2 fully saturated rings.